The zero-order valence-corrected chi connectivity index (χ0v) is 19.1. The van der Waals surface area contributed by atoms with Crippen LogP contribution in [0.1, 0.15) is 31.8 Å². The van der Waals surface area contributed by atoms with Crippen LogP contribution < -0.4 is 16.0 Å². The Hall–Kier alpha value is -2.93. The van der Waals surface area contributed by atoms with E-state index in [9.17, 15) is 9.59 Å². The first-order valence-corrected chi connectivity index (χ1v) is 10.4. The van der Waals surface area contributed by atoms with Crippen LogP contribution in [0.4, 0.5) is 11.4 Å². The number of thiocarbonyl (C=S) groups is 1. The van der Waals surface area contributed by atoms with Crippen LogP contribution in [-0.2, 0) is 0 Å². The first-order valence-electron chi connectivity index (χ1n) is 9.28. The Morgan fingerprint density at radius 2 is 1.45 bits per heavy atom. The summed E-state index contributed by atoms with van der Waals surface area (Å²) in [5.74, 6) is -0.671. The van der Waals surface area contributed by atoms with Gasteiger partial charge in [0, 0.05) is 22.0 Å². The standard InChI is InChI=1S/C23H19Cl2N3O2S/c1-13-8-14(2)10-15(9-13)21(29)28-23(31)27-18-5-3-4-17(12-18)26-22(30)19-7-6-16(24)11-20(19)25/h3-12H,1-2H3,(H,26,30)(H2,27,28,29,31). The molecule has 158 valence electrons. The van der Waals surface area contributed by atoms with Crippen LogP contribution >= 0.6 is 35.4 Å². The van der Waals surface area contributed by atoms with Crippen molar-refractivity contribution in [3.63, 3.8) is 0 Å². The van der Waals surface area contributed by atoms with Crippen molar-refractivity contribution in [2.45, 2.75) is 13.8 Å². The fourth-order valence-electron chi connectivity index (χ4n) is 2.99. The minimum absolute atomic E-state index is 0.147. The Morgan fingerprint density at radius 1 is 0.806 bits per heavy atom. The lowest BCUT2D eigenvalue weighted by atomic mass is 10.1. The van der Waals surface area contributed by atoms with E-state index in [1.165, 1.54) is 6.07 Å². The first kappa shape index (κ1) is 22.7. The second-order valence-corrected chi connectivity index (χ2v) is 8.20. The smallest absolute Gasteiger partial charge is 0.257 e. The molecule has 0 aliphatic heterocycles. The number of rotatable bonds is 4. The van der Waals surface area contributed by atoms with Crippen molar-refractivity contribution in [3.8, 4) is 0 Å². The minimum atomic E-state index is -0.371. The average molecular weight is 472 g/mol. The maximum Gasteiger partial charge on any atom is 0.257 e. The van der Waals surface area contributed by atoms with E-state index in [4.69, 9.17) is 35.4 Å². The van der Waals surface area contributed by atoms with Crippen LogP contribution in [0, 0.1) is 13.8 Å². The molecule has 3 rings (SSSR count). The molecular weight excluding hydrogens is 453 g/mol. The van der Waals surface area contributed by atoms with Crippen molar-refractivity contribution in [2.75, 3.05) is 10.6 Å². The van der Waals surface area contributed by atoms with E-state index in [0.717, 1.165) is 11.1 Å². The Labute approximate surface area is 195 Å². The van der Waals surface area contributed by atoms with Crippen LogP contribution in [-0.4, -0.2) is 16.9 Å². The van der Waals surface area contributed by atoms with Gasteiger partial charge in [0.05, 0.1) is 10.6 Å². The van der Waals surface area contributed by atoms with Gasteiger partial charge >= 0.3 is 0 Å². The van der Waals surface area contributed by atoms with Gasteiger partial charge in [0.1, 0.15) is 0 Å². The maximum atomic E-state index is 12.5. The monoisotopic (exact) mass is 471 g/mol. The number of amides is 2. The largest absolute Gasteiger partial charge is 0.332 e. The van der Waals surface area contributed by atoms with Crippen LogP contribution in [0.2, 0.25) is 10.0 Å². The Bertz CT molecular complexity index is 1160. The highest BCUT2D eigenvalue weighted by molar-refractivity contribution is 7.80. The van der Waals surface area contributed by atoms with Crippen molar-refractivity contribution in [3.05, 3.63) is 93.0 Å². The molecular formula is C23H19Cl2N3O2S. The predicted octanol–water partition coefficient (Wildman–Crippen LogP) is 5.99. The molecule has 0 aliphatic carbocycles. The summed E-state index contributed by atoms with van der Waals surface area (Å²) in [6.45, 7) is 3.86. The molecule has 0 aliphatic rings. The second kappa shape index (κ2) is 9.92. The molecule has 31 heavy (non-hydrogen) atoms. The van der Waals surface area contributed by atoms with Gasteiger partial charge in [-0.2, -0.15) is 0 Å². The second-order valence-electron chi connectivity index (χ2n) is 6.94. The van der Waals surface area contributed by atoms with Crippen molar-refractivity contribution >= 4 is 63.7 Å². The lowest BCUT2D eigenvalue weighted by Crippen LogP contribution is -2.34. The topological polar surface area (TPSA) is 70.2 Å². The van der Waals surface area contributed by atoms with E-state index in [2.05, 4.69) is 16.0 Å². The Balaban J connectivity index is 1.65. The molecule has 0 heterocycles. The quantitative estimate of drug-likeness (QED) is 0.408. The number of hydrogen-bond donors (Lipinski definition) is 3. The summed E-state index contributed by atoms with van der Waals surface area (Å²) in [7, 11) is 0. The number of aryl methyl sites for hydroxylation is 2. The molecule has 0 spiro atoms. The number of benzene rings is 3. The van der Waals surface area contributed by atoms with Gasteiger partial charge in [-0.15, -0.1) is 0 Å². The summed E-state index contributed by atoms with van der Waals surface area (Å²) in [4.78, 5) is 25.0. The van der Waals surface area contributed by atoms with Crippen LogP contribution in [0.25, 0.3) is 0 Å². The fourth-order valence-corrected chi connectivity index (χ4v) is 3.70. The molecule has 0 saturated carbocycles. The van der Waals surface area contributed by atoms with Crippen LogP contribution in [0.15, 0.2) is 60.7 Å². The molecule has 8 heteroatoms. The van der Waals surface area contributed by atoms with Gasteiger partial charge in [0.2, 0.25) is 0 Å². The summed E-state index contributed by atoms with van der Waals surface area (Å²) in [6, 6.07) is 17.2. The zero-order chi connectivity index (χ0) is 22.5. The number of carbonyl (C=O) groups excluding carboxylic acids is 2. The normalized spacial score (nSPS) is 10.3. The van der Waals surface area contributed by atoms with Crippen molar-refractivity contribution < 1.29 is 9.59 Å². The van der Waals surface area contributed by atoms with Gasteiger partial charge in [0.15, 0.2) is 5.11 Å². The maximum absolute atomic E-state index is 12.5. The molecule has 0 atom stereocenters. The van der Waals surface area contributed by atoms with Gasteiger partial charge < -0.3 is 10.6 Å². The van der Waals surface area contributed by atoms with E-state index in [1.807, 2.05) is 19.9 Å². The molecule has 3 N–H and O–H groups in total. The third kappa shape index (κ3) is 6.28. The highest BCUT2D eigenvalue weighted by atomic mass is 35.5. The molecule has 0 bridgehead atoms. The van der Waals surface area contributed by atoms with Gasteiger partial charge in [-0.25, -0.2) is 0 Å². The van der Waals surface area contributed by atoms with Crippen LogP contribution in [0.5, 0.6) is 0 Å². The number of carbonyl (C=O) groups is 2. The van der Waals surface area contributed by atoms with E-state index < -0.39 is 0 Å². The fraction of sp³-hybridized carbons (Fsp3) is 0.0870. The van der Waals surface area contributed by atoms with E-state index in [-0.39, 0.29) is 21.9 Å². The zero-order valence-electron chi connectivity index (χ0n) is 16.8. The minimum Gasteiger partial charge on any atom is -0.332 e. The first-order chi connectivity index (χ1) is 14.7. The summed E-state index contributed by atoms with van der Waals surface area (Å²) in [5, 5.41) is 9.24. The molecule has 5 nitrogen and oxygen atoms in total. The lowest BCUT2D eigenvalue weighted by Gasteiger charge is -2.12. The Morgan fingerprint density at radius 3 is 2.10 bits per heavy atom. The number of nitrogens with one attached hydrogen (secondary N) is 3. The number of hydrogen-bond acceptors (Lipinski definition) is 3. The summed E-state index contributed by atoms with van der Waals surface area (Å²) in [6.07, 6.45) is 0. The van der Waals surface area contributed by atoms with Crippen molar-refractivity contribution in [1.29, 1.82) is 0 Å². The highest BCUT2D eigenvalue weighted by Gasteiger charge is 2.12. The molecule has 0 fully saturated rings. The van der Waals surface area contributed by atoms with Gasteiger partial charge in [0.25, 0.3) is 11.8 Å². The van der Waals surface area contributed by atoms with Crippen molar-refractivity contribution in [2.24, 2.45) is 0 Å². The third-order valence-electron chi connectivity index (χ3n) is 4.27. The molecule has 3 aromatic carbocycles. The lowest BCUT2D eigenvalue weighted by molar-refractivity contribution is 0.0976. The number of halogens is 2. The molecule has 0 radical (unpaired) electrons. The van der Waals surface area contributed by atoms with Crippen molar-refractivity contribution in [1.82, 2.24) is 5.32 Å². The molecule has 3 aromatic rings. The molecule has 0 saturated heterocycles. The molecule has 0 unspecified atom stereocenters. The van der Waals surface area contributed by atoms with E-state index in [0.29, 0.717) is 27.5 Å². The molecule has 0 aromatic heterocycles. The van der Waals surface area contributed by atoms with Gasteiger partial charge in [-0.1, -0.05) is 46.5 Å². The van der Waals surface area contributed by atoms with E-state index in [1.54, 1.807) is 48.5 Å². The SMILES string of the molecule is Cc1cc(C)cc(C(=O)NC(=S)Nc2cccc(NC(=O)c3ccc(Cl)cc3Cl)c2)c1. The summed E-state index contributed by atoms with van der Waals surface area (Å²) in [5.41, 5.74) is 3.96. The van der Waals surface area contributed by atoms with Gasteiger partial charge in [-0.3, -0.25) is 14.9 Å². The summed E-state index contributed by atoms with van der Waals surface area (Å²) < 4.78 is 0. The highest BCUT2D eigenvalue weighted by Crippen LogP contribution is 2.23. The summed E-state index contributed by atoms with van der Waals surface area (Å²) >= 11 is 17.2. The van der Waals surface area contributed by atoms with Crippen LogP contribution in [0.3, 0.4) is 0 Å². The van der Waals surface area contributed by atoms with Gasteiger partial charge in [-0.05, 0) is 74.6 Å². The predicted molar refractivity (Wildman–Crippen MR) is 130 cm³/mol. The Kier molecular flexibility index (Phi) is 7.28. The average Bonchev–Trinajstić information content (AvgIpc) is 2.67. The van der Waals surface area contributed by atoms with E-state index >= 15 is 0 Å². The number of anilines is 2. The third-order valence-corrected chi connectivity index (χ3v) is 5.02. The molecule has 2 amide bonds.